The standard InChI is InChI=1S/C15H14BrNO2/c1-10-5-3-4-6-14(10)17(2)11-7-8-12(15(18)19)13(16)9-11/h3-9H,1-2H3,(H,18,19). The predicted molar refractivity (Wildman–Crippen MR) is 80.3 cm³/mol. The average molecular weight is 320 g/mol. The van der Waals surface area contributed by atoms with Crippen molar-refractivity contribution >= 4 is 33.3 Å². The summed E-state index contributed by atoms with van der Waals surface area (Å²) < 4.78 is 0.581. The molecule has 0 aliphatic carbocycles. The van der Waals surface area contributed by atoms with Gasteiger partial charge in [-0.15, -0.1) is 0 Å². The lowest BCUT2D eigenvalue weighted by molar-refractivity contribution is 0.0696. The highest BCUT2D eigenvalue weighted by atomic mass is 79.9. The molecule has 0 aromatic heterocycles. The summed E-state index contributed by atoms with van der Waals surface area (Å²) in [6, 6.07) is 13.3. The molecule has 19 heavy (non-hydrogen) atoms. The Balaban J connectivity index is 2.40. The van der Waals surface area contributed by atoms with E-state index in [4.69, 9.17) is 5.11 Å². The Kier molecular flexibility index (Phi) is 3.90. The molecule has 0 aliphatic rings. The summed E-state index contributed by atoms with van der Waals surface area (Å²) in [5.74, 6) is -0.933. The minimum Gasteiger partial charge on any atom is -0.478 e. The zero-order valence-corrected chi connectivity index (χ0v) is 12.3. The predicted octanol–water partition coefficient (Wildman–Crippen LogP) is 4.22. The fourth-order valence-electron chi connectivity index (χ4n) is 1.96. The second kappa shape index (κ2) is 5.45. The van der Waals surface area contributed by atoms with Crippen LogP contribution in [0.2, 0.25) is 0 Å². The van der Waals surface area contributed by atoms with Crippen LogP contribution >= 0.6 is 15.9 Å². The lowest BCUT2D eigenvalue weighted by Gasteiger charge is -2.22. The highest BCUT2D eigenvalue weighted by Gasteiger charge is 2.12. The number of aromatic carboxylic acids is 1. The molecule has 0 heterocycles. The SMILES string of the molecule is Cc1ccccc1N(C)c1ccc(C(=O)O)c(Br)c1. The van der Waals surface area contributed by atoms with E-state index >= 15 is 0 Å². The van der Waals surface area contributed by atoms with Crippen molar-refractivity contribution in [2.24, 2.45) is 0 Å². The van der Waals surface area contributed by atoms with Gasteiger partial charge in [-0.05, 0) is 52.7 Å². The van der Waals surface area contributed by atoms with E-state index in [9.17, 15) is 4.79 Å². The Morgan fingerprint density at radius 2 is 1.89 bits per heavy atom. The van der Waals surface area contributed by atoms with Crippen molar-refractivity contribution in [3.05, 3.63) is 58.1 Å². The van der Waals surface area contributed by atoms with Crippen molar-refractivity contribution in [3.63, 3.8) is 0 Å². The third-order valence-electron chi connectivity index (χ3n) is 3.05. The summed E-state index contributed by atoms with van der Waals surface area (Å²) in [6.45, 7) is 2.05. The van der Waals surface area contributed by atoms with E-state index in [1.54, 1.807) is 12.1 Å². The normalized spacial score (nSPS) is 10.3. The first-order chi connectivity index (χ1) is 9.00. The molecule has 0 bridgehead atoms. The van der Waals surface area contributed by atoms with Gasteiger partial charge < -0.3 is 10.0 Å². The van der Waals surface area contributed by atoms with Gasteiger partial charge >= 0.3 is 5.97 Å². The van der Waals surface area contributed by atoms with Crippen LogP contribution in [0.25, 0.3) is 0 Å². The van der Waals surface area contributed by atoms with Crippen LogP contribution in [0.4, 0.5) is 11.4 Å². The van der Waals surface area contributed by atoms with Gasteiger partial charge in [-0.3, -0.25) is 0 Å². The molecule has 0 aliphatic heterocycles. The number of benzene rings is 2. The summed E-state index contributed by atoms with van der Waals surface area (Å²) in [5, 5.41) is 9.01. The van der Waals surface area contributed by atoms with Gasteiger partial charge in [-0.2, -0.15) is 0 Å². The minimum absolute atomic E-state index is 0.266. The molecule has 1 N–H and O–H groups in total. The maximum Gasteiger partial charge on any atom is 0.336 e. The van der Waals surface area contributed by atoms with E-state index in [2.05, 4.69) is 15.9 Å². The molecule has 0 radical (unpaired) electrons. The van der Waals surface area contributed by atoms with Crippen molar-refractivity contribution in [2.45, 2.75) is 6.92 Å². The van der Waals surface area contributed by atoms with Gasteiger partial charge in [0.25, 0.3) is 0 Å². The summed E-state index contributed by atoms with van der Waals surface area (Å²) in [7, 11) is 1.96. The number of rotatable bonds is 3. The van der Waals surface area contributed by atoms with Gasteiger partial charge in [-0.1, -0.05) is 18.2 Å². The third-order valence-corrected chi connectivity index (χ3v) is 3.70. The number of carboxylic acid groups (broad SMARTS) is 1. The number of anilines is 2. The Morgan fingerprint density at radius 1 is 1.21 bits per heavy atom. The van der Waals surface area contributed by atoms with Crippen LogP contribution in [-0.2, 0) is 0 Å². The lowest BCUT2D eigenvalue weighted by atomic mass is 10.1. The summed E-state index contributed by atoms with van der Waals surface area (Å²) in [6.07, 6.45) is 0. The van der Waals surface area contributed by atoms with Gasteiger partial charge in [0.15, 0.2) is 0 Å². The van der Waals surface area contributed by atoms with E-state index in [1.165, 1.54) is 5.56 Å². The Labute approximate surface area is 120 Å². The molecule has 4 heteroatoms. The first kappa shape index (κ1) is 13.6. The quantitative estimate of drug-likeness (QED) is 0.920. The van der Waals surface area contributed by atoms with Gasteiger partial charge in [0.05, 0.1) is 5.56 Å². The van der Waals surface area contributed by atoms with Crippen LogP contribution in [-0.4, -0.2) is 18.1 Å². The van der Waals surface area contributed by atoms with Gasteiger partial charge in [-0.25, -0.2) is 4.79 Å². The number of carboxylic acids is 1. The van der Waals surface area contributed by atoms with Crippen molar-refractivity contribution < 1.29 is 9.90 Å². The number of nitrogens with zero attached hydrogens (tertiary/aromatic N) is 1. The fraction of sp³-hybridized carbons (Fsp3) is 0.133. The molecule has 2 rings (SSSR count). The molecule has 0 fully saturated rings. The smallest absolute Gasteiger partial charge is 0.336 e. The van der Waals surface area contributed by atoms with Crippen LogP contribution in [0.3, 0.4) is 0 Å². The molecule has 0 atom stereocenters. The first-order valence-corrected chi connectivity index (χ1v) is 6.62. The molecular weight excluding hydrogens is 306 g/mol. The first-order valence-electron chi connectivity index (χ1n) is 5.83. The average Bonchev–Trinajstić information content (AvgIpc) is 2.38. The number of hydrogen-bond acceptors (Lipinski definition) is 2. The number of carbonyl (C=O) groups is 1. The number of hydrogen-bond donors (Lipinski definition) is 1. The van der Waals surface area contributed by atoms with Crippen molar-refractivity contribution in [1.82, 2.24) is 0 Å². The zero-order chi connectivity index (χ0) is 14.0. The third kappa shape index (κ3) is 2.79. The Hall–Kier alpha value is -1.81. The second-order valence-corrected chi connectivity index (χ2v) is 5.17. The minimum atomic E-state index is -0.933. The highest BCUT2D eigenvalue weighted by Crippen LogP contribution is 2.30. The Morgan fingerprint density at radius 3 is 2.47 bits per heavy atom. The molecule has 0 unspecified atom stereocenters. The summed E-state index contributed by atoms with van der Waals surface area (Å²) in [5.41, 5.74) is 3.47. The number of aryl methyl sites for hydroxylation is 1. The largest absolute Gasteiger partial charge is 0.478 e. The zero-order valence-electron chi connectivity index (χ0n) is 10.7. The van der Waals surface area contributed by atoms with Crippen molar-refractivity contribution in [3.8, 4) is 0 Å². The number of halogens is 1. The molecule has 0 spiro atoms. The van der Waals surface area contributed by atoms with Crippen LogP contribution in [0.15, 0.2) is 46.9 Å². The molecule has 98 valence electrons. The van der Waals surface area contributed by atoms with Crippen LogP contribution in [0.5, 0.6) is 0 Å². The molecule has 0 saturated heterocycles. The molecule has 3 nitrogen and oxygen atoms in total. The van der Waals surface area contributed by atoms with E-state index in [0.717, 1.165) is 11.4 Å². The lowest BCUT2D eigenvalue weighted by Crippen LogP contribution is -2.11. The monoisotopic (exact) mass is 319 g/mol. The molecule has 0 amide bonds. The van der Waals surface area contributed by atoms with E-state index in [0.29, 0.717) is 4.47 Å². The van der Waals surface area contributed by atoms with E-state index in [1.807, 2.05) is 49.2 Å². The van der Waals surface area contributed by atoms with Crippen molar-refractivity contribution in [1.29, 1.82) is 0 Å². The molecule has 2 aromatic carbocycles. The van der Waals surface area contributed by atoms with E-state index < -0.39 is 5.97 Å². The molecular formula is C15H14BrNO2. The van der Waals surface area contributed by atoms with Gasteiger partial charge in [0.1, 0.15) is 0 Å². The molecule has 2 aromatic rings. The second-order valence-electron chi connectivity index (χ2n) is 4.31. The summed E-state index contributed by atoms with van der Waals surface area (Å²) in [4.78, 5) is 13.0. The highest BCUT2D eigenvalue weighted by molar-refractivity contribution is 9.10. The van der Waals surface area contributed by atoms with Crippen LogP contribution in [0, 0.1) is 6.92 Å². The topological polar surface area (TPSA) is 40.5 Å². The molecule has 0 saturated carbocycles. The van der Waals surface area contributed by atoms with Crippen molar-refractivity contribution in [2.75, 3.05) is 11.9 Å². The van der Waals surface area contributed by atoms with Gasteiger partial charge in [0.2, 0.25) is 0 Å². The van der Waals surface area contributed by atoms with Crippen LogP contribution < -0.4 is 4.90 Å². The maximum absolute atomic E-state index is 11.0. The number of para-hydroxylation sites is 1. The van der Waals surface area contributed by atoms with Crippen LogP contribution in [0.1, 0.15) is 15.9 Å². The maximum atomic E-state index is 11.0. The van der Waals surface area contributed by atoms with Gasteiger partial charge in [0, 0.05) is 22.9 Å². The fourth-order valence-corrected chi connectivity index (χ4v) is 2.50. The Bertz CT molecular complexity index is 625. The van der Waals surface area contributed by atoms with E-state index in [-0.39, 0.29) is 5.56 Å². The summed E-state index contributed by atoms with van der Waals surface area (Å²) >= 11 is 3.30.